The van der Waals surface area contributed by atoms with Gasteiger partial charge in [0.25, 0.3) is 0 Å². The van der Waals surface area contributed by atoms with Gasteiger partial charge in [0.05, 0.1) is 24.8 Å². The topological polar surface area (TPSA) is 54.0 Å². The maximum Gasteiger partial charge on any atom is 0.234 e. The number of nitrogens with zero attached hydrogens (tertiary/aromatic N) is 2. The van der Waals surface area contributed by atoms with Gasteiger partial charge < -0.3 is 14.8 Å². The molecular weight excluding hydrogens is 354 g/mol. The number of benzene rings is 1. The van der Waals surface area contributed by atoms with Crippen molar-refractivity contribution in [1.29, 1.82) is 0 Å². The number of ether oxygens (including phenoxy) is 2. The Morgan fingerprint density at radius 2 is 1.88 bits per heavy atom. The second kappa shape index (κ2) is 9.44. The molecule has 1 N–H and O–H groups in total. The van der Waals surface area contributed by atoms with Crippen LogP contribution in [-0.4, -0.2) is 68.2 Å². The van der Waals surface area contributed by atoms with Gasteiger partial charge in [-0.25, -0.2) is 0 Å². The molecule has 0 atom stereocenters. The van der Waals surface area contributed by atoms with E-state index in [0.717, 1.165) is 63.4 Å². The number of nitrogens with one attached hydrogen (secondary N) is 1. The molecule has 2 aliphatic heterocycles. The fourth-order valence-corrected chi connectivity index (χ4v) is 3.55. The van der Waals surface area contributed by atoms with E-state index in [0.29, 0.717) is 30.5 Å². The minimum atomic E-state index is 0.120. The Morgan fingerprint density at radius 1 is 1.15 bits per heavy atom. The van der Waals surface area contributed by atoms with Crippen LogP contribution in [0.3, 0.4) is 0 Å². The van der Waals surface area contributed by atoms with Gasteiger partial charge in [0.15, 0.2) is 11.5 Å². The summed E-state index contributed by atoms with van der Waals surface area (Å²) in [5.41, 5.74) is 1.13. The molecule has 2 aliphatic rings. The Hall–Kier alpha value is -1.50. The highest BCUT2D eigenvalue weighted by molar-refractivity contribution is 6.32. The van der Waals surface area contributed by atoms with Crippen molar-refractivity contribution in [1.82, 2.24) is 15.1 Å². The minimum absolute atomic E-state index is 0.120. The molecule has 6 nitrogen and oxygen atoms in total. The van der Waals surface area contributed by atoms with E-state index in [9.17, 15) is 4.79 Å². The number of carbonyl (C=O) groups excluding carboxylic acids is 1. The quantitative estimate of drug-likeness (QED) is 0.818. The highest BCUT2D eigenvalue weighted by Gasteiger charge is 2.21. The van der Waals surface area contributed by atoms with Crippen molar-refractivity contribution in [2.75, 3.05) is 52.5 Å². The van der Waals surface area contributed by atoms with Crippen molar-refractivity contribution in [2.45, 2.75) is 26.3 Å². The third-order valence-corrected chi connectivity index (χ3v) is 4.95. The number of rotatable bonds is 6. The van der Waals surface area contributed by atoms with E-state index >= 15 is 0 Å². The van der Waals surface area contributed by atoms with Gasteiger partial charge in [-0.2, -0.15) is 0 Å². The molecule has 26 heavy (non-hydrogen) atoms. The molecule has 1 aromatic carbocycles. The zero-order chi connectivity index (χ0) is 18.4. The van der Waals surface area contributed by atoms with Crippen LogP contribution in [0.15, 0.2) is 12.1 Å². The van der Waals surface area contributed by atoms with Crippen LogP contribution in [0.1, 0.15) is 25.3 Å². The van der Waals surface area contributed by atoms with Crippen molar-refractivity contribution >= 4 is 17.5 Å². The zero-order valence-corrected chi connectivity index (χ0v) is 16.2. The van der Waals surface area contributed by atoms with Gasteiger partial charge in [0.1, 0.15) is 0 Å². The lowest BCUT2D eigenvalue weighted by molar-refractivity contribution is -0.122. The molecular formula is C19H28ClN3O3. The number of hydrogen-bond acceptors (Lipinski definition) is 5. The van der Waals surface area contributed by atoms with Gasteiger partial charge in [-0.3, -0.25) is 14.6 Å². The van der Waals surface area contributed by atoms with Crippen molar-refractivity contribution < 1.29 is 14.3 Å². The first-order valence-corrected chi connectivity index (χ1v) is 9.83. The summed E-state index contributed by atoms with van der Waals surface area (Å²) >= 11 is 6.38. The number of halogens is 1. The van der Waals surface area contributed by atoms with Gasteiger partial charge in [-0.15, -0.1) is 0 Å². The summed E-state index contributed by atoms with van der Waals surface area (Å²) < 4.78 is 11.5. The van der Waals surface area contributed by atoms with Gasteiger partial charge in [0.2, 0.25) is 5.91 Å². The summed E-state index contributed by atoms with van der Waals surface area (Å²) in [5, 5.41) is 3.55. The average Bonchev–Trinajstić information content (AvgIpc) is 2.87. The molecule has 1 aromatic rings. The number of carbonyl (C=O) groups is 1. The van der Waals surface area contributed by atoms with Crippen molar-refractivity contribution in [2.24, 2.45) is 0 Å². The first kappa shape index (κ1) is 19.3. The fourth-order valence-electron chi connectivity index (χ4n) is 3.26. The lowest BCUT2D eigenvalue weighted by atomic mass is 10.1. The predicted octanol–water partition coefficient (Wildman–Crippen LogP) is 2.15. The second-order valence-corrected chi connectivity index (χ2v) is 7.26. The summed E-state index contributed by atoms with van der Waals surface area (Å²) in [5.74, 6) is 1.53. The summed E-state index contributed by atoms with van der Waals surface area (Å²) in [6, 6.07) is 4.01. The maximum absolute atomic E-state index is 11.8. The molecule has 0 aromatic heterocycles. The Kier molecular flexibility index (Phi) is 7.00. The first-order chi connectivity index (χ1) is 12.7. The summed E-state index contributed by atoms with van der Waals surface area (Å²) in [4.78, 5) is 16.4. The number of amides is 1. The number of piperazine rings is 1. The van der Waals surface area contributed by atoms with Crippen LogP contribution in [0.2, 0.25) is 5.02 Å². The normalized spacial score (nSPS) is 18.4. The molecule has 0 radical (unpaired) electrons. The van der Waals surface area contributed by atoms with E-state index in [1.165, 1.54) is 0 Å². The minimum Gasteiger partial charge on any atom is -0.489 e. The third-order valence-electron chi connectivity index (χ3n) is 4.67. The Bertz CT molecular complexity index is 618. The van der Waals surface area contributed by atoms with E-state index in [-0.39, 0.29) is 5.91 Å². The summed E-state index contributed by atoms with van der Waals surface area (Å²) in [6.07, 6.45) is 1.84. The van der Waals surface area contributed by atoms with E-state index in [1.54, 1.807) is 0 Å². The Morgan fingerprint density at radius 3 is 2.65 bits per heavy atom. The SMILES string of the molecule is CCCNC(=O)CN1CCN(Cc2cc(Cl)c3c(c2)OCCCO3)CC1. The van der Waals surface area contributed by atoms with E-state index < -0.39 is 0 Å². The molecule has 0 unspecified atom stereocenters. The smallest absolute Gasteiger partial charge is 0.234 e. The molecule has 3 rings (SSSR count). The predicted molar refractivity (Wildman–Crippen MR) is 102 cm³/mol. The van der Waals surface area contributed by atoms with Crippen LogP contribution in [0.4, 0.5) is 0 Å². The Labute approximate surface area is 160 Å². The van der Waals surface area contributed by atoms with E-state index in [2.05, 4.69) is 22.0 Å². The van der Waals surface area contributed by atoms with Crippen LogP contribution >= 0.6 is 11.6 Å². The highest BCUT2D eigenvalue weighted by Crippen LogP contribution is 2.38. The Balaban J connectivity index is 1.51. The van der Waals surface area contributed by atoms with Crippen LogP contribution in [0.25, 0.3) is 0 Å². The van der Waals surface area contributed by atoms with Crippen molar-refractivity contribution in [3.63, 3.8) is 0 Å². The number of hydrogen-bond donors (Lipinski definition) is 1. The largest absolute Gasteiger partial charge is 0.489 e. The number of fused-ring (bicyclic) bond motifs is 1. The fraction of sp³-hybridized carbons (Fsp3) is 0.632. The lowest BCUT2D eigenvalue weighted by Gasteiger charge is -2.34. The molecule has 7 heteroatoms. The zero-order valence-electron chi connectivity index (χ0n) is 15.4. The van der Waals surface area contributed by atoms with Crippen LogP contribution in [0.5, 0.6) is 11.5 Å². The maximum atomic E-state index is 11.8. The molecule has 0 saturated carbocycles. The average molecular weight is 382 g/mol. The summed E-state index contributed by atoms with van der Waals surface area (Å²) in [7, 11) is 0. The molecule has 144 valence electrons. The van der Waals surface area contributed by atoms with Crippen LogP contribution in [-0.2, 0) is 11.3 Å². The third kappa shape index (κ3) is 5.25. The lowest BCUT2D eigenvalue weighted by Crippen LogP contribution is -2.49. The summed E-state index contributed by atoms with van der Waals surface area (Å²) in [6.45, 7) is 9.10. The molecule has 2 heterocycles. The molecule has 1 saturated heterocycles. The van der Waals surface area contributed by atoms with Gasteiger partial charge in [-0.05, 0) is 24.1 Å². The van der Waals surface area contributed by atoms with Crippen LogP contribution in [0, 0.1) is 0 Å². The molecule has 0 bridgehead atoms. The van der Waals surface area contributed by atoms with Crippen molar-refractivity contribution in [3.05, 3.63) is 22.7 Å². The van der Waals surface area contributed by atoms with Crippen molar-refractivity contribution in [3.8, 4) is 11.5 Å². The molecule has 0 spiro atoms. The standard InChI is InChI=1S/C19H28ClN3O3/c1-2-4-21-18(24)14-23-7-5-22(6-8-23)13-15-11-16(20)19-17(12-15)25-9-3-10-26-19/h11-12H,2-10,13-14H2,1H3,(H,21,24). The van der Waals surface area contributed by atoms with Crippen LogP contribution < -0.4 is 14.8 Å². The molecule has 0 aliphatic carbocycles. The van der Waals surface area contributed by atoms with Gasteiger partial charge >= 0.3 is 0 Å². The first-order valence-electron chi connectivity index (χ1n) is 9.45. The van der Waals surface area contributed by atoms with E-state index in [1.807, 2.05) is 12.1 Å². The van der Waals surface area contributed by atoms with Gasteiger partial charge in [0, 0.05) is 45.7 Å². The molecule has 1 amide bonds. The van der Waals surface area contributed by atoms with E-state index in [4.69, 9.17) is 21.1 Å². The second-order valence-electron chi connectivity index (χ2n) is 6.86. The molecule has 1 fully saturated rings. The monoisotopic (exact) mass is 381 g/mol. The highest BCUT2D eigenvalue weighted by atomic mass is 35.5. The van der Waals surface area contributed by atoms with Gasteiger partial charge in [-0.1, -0.05) is 18.5 Å².